The summed E-state index contributed by atoms with van der Waals surface area (Å²) < 4.78 is 53.8. The van der Waals surface area contributed by atoms with Crippen LogP contribution in [-0.4, -0.2) is 6.54 Å². The second-order valence-electron chi connectivity index (χ2n) is 7.60. The van der Waals surface area contributed by atoms with Gasteiger partial charge in [-0.15, -0.1) is 0 Å². The van der Waals surface area contributed by atoms with E-state index in [1.165, 1.54) is 18.2 Å². The summed E-state index contributed by atoms with van der Waals surface area (Å²) in [6.07, 6.45) is 5.07. The quantitative estimate of drug-likeness (QED) is 0.483. The predicted octanol–water partition coefficient (Wildman–Crippen LogP) is 7.33. The van der Waals surface area contributed by atoms with Crippen molar-refractivity contribution in [2.75, 3.05) is 11.4 Å². The molecule has 0 bridgehead atoms. The molecule has 1 N–H and O–H groups in total. The number of nitrogens with zero attached hydrogens (tertiary/aromatic N) is 1. The Kier molecular flexibility index (Phi) is 6.88. The van der Waals surface area contributed by atoms with Gasteiger partial charge in [0, 0.05) is 29.8 Å². The molecule has 0 fully saturated rings. The Morgan fingerprint density at radius 1 is 1.03 bits per heavy atom. The molecule has 2 nitrogen and oxygen atoms in total. The van der Waals surface area contributed by atoms with Crippen molar-refractivity contribution >= 4 is 11.4 Å². The van der Waals surface area contributed by atoms with Crippen LogP contribution in [0.25, 0.3) is 0 Å². The summed E-state index contributed by atoms with van der Waals surface area (Å²) in [5, 5.41) is 3.23. The maximum absolute atomic E-state index is 13.9. The van der Waals surface area contributed by atoms with Crippen molar-refractivity contribution in [2.24, 2.45) is 0 Å². The predicted molar refractivity (Wildman–Crippen MR) is 118 cm³/mol. The van der Waals surface area contributed by atoms with Gasteiger partial charge in [-0.2, -0.15) is 13.2 Å². The van der Waals surface area contributed by atoms with Gasteiger partial charge in [0.2, 0.25) is 0 Å². The summed E-state index contributed by atoms with van der Waals surface area (Å²) in [6, 6.07) is 8.08. The smallest absolute Gasteiger partial charge is 0.362 e. The maximum atomic E-state index is 13.9. The molecule has 0 aliphatic carbocycles. The van der Waals surface area contributed by atoms with Crippen molar-refractivity contribution in [3.8, 4) is 0 Å². The number of halogens is 4. The average Bonchev–Trinajstić information content (AvgIpc) is 2.70. The molecule has 2 aromatic carbocycles. The molecule has 6 heteroatoms. The van der Waals surface area contributed by atoms with E-state index in [4.69, 9.17) is 0 Å². The fourth-order valence-corrected chi connectivity index (χ4v) is 3.76. The van der Waals surface area contributed by atoms with Crippen molar-refractivity contribution in [3.63, 3.8) is 0 Å². The molecule has 0 saturated carbocycles. The summed E-state index contributed by atoms with van der Waals surface area (Å²) in [6.45, 7) is 6.05. The van der Waals surface area contributed by atoms with Gasteiger partial charge in [0.25, 0.3) is 0 Å². The molecule has 1 aliphatic heterocycles. The number of benzene rings is 2. The van der Waals surface area contributed by atoms with Gasteiger partial charge in [-0.25, -0.2) is 4.39 Å². The van der Waals surface area contributed by atoms with Crippen LogP contribution in [0, 0.1) is 19.7 Å². The number of anilines is 2. The highest BCUT2D eigenvalue weighted by Gasteiger charge is 2.31. The lowest BCUT2D eigenvalue weighted by molar-refractivity contribution is -0.137. The highest BCUT2D eigenvalue weighted by Crippen LogP contribution is 2.37. The van der Waals surface area contributed by atoms with Crippen LogP contribution < -0.4 is 10.2 Å². The van der Waals surface area contributed by atoms with Crippen LogP contribution >= 0.6 is 0 Å². The number of nitrogens with one attached hydrogen (secondary N) is 1. The van der Waals surface area contributed by atoms with E-state index in [0.29, 0.717) is 29.8 Å². The summed E-state index contributed by atoms with van der Waals surface area (Å²) in [5.74, 6) is -0.361. The molecule has 3 rings (SSSR count). The molecular weight excluding hydrogens is 404 g/mol. The lowest BCUT2D eigenvalue weighted by Gasteiger charge is -2.29. The van der Waals surface area contributed by atoms with E-state index in [1.54, 1.807) is 19.9 Å². The number of hydrogen-bond acceptors (Lipinski definition) is 2. The zero-order chi connectivity index (χ0) is 22.6. The van der Waals surface area contributed by atoms with Crippen molar-refractivity contribution in [1.82, 2.24) is 5.32 Å². The lowest BCUT2D eigenvalue weighted by Crippen LogP contribution is -2.22. The van der Waals surface area contributed by atoms with Gasteiger partial charge >= 0.3 is 6.18 Å². The van der Waals surface area contributed by atoms with Gasteiger partial charge in [-0.3, -0.25) is 0 Å². The van der Waals surface area contributed by atoms with E-state index in [9.17, 15) is 17.6 Å². The molecule has 31 heavy (non-hydrogen) atoms. The molecule has 0 amide bonds. The van der Waals surface area contributed by atoms with E-state index < -0.39 is 11.7 Å². The monoisotopic (exact) mass is 430 g/mol. The zero-order valence-electron chi connectivity index (χ0n) is 17.9. The van der Waals surface area contributed by atoms with Crippen LogP contribution in [0.3, 0.4) is 0 Å². The van der Waals surface area contributed by atoms with Crippen LogP contribution in [-0.2, 0) is 6.18 Å². The molecule has 0 unspecified atom stereocenters. The normalized spacial score (nSPS) is 15.1. The van der Waals surface area contributed by atoms with Crippen LogP contribution in [0.5, 0.6) is 0 Å². The third-order valence-electron chi connectivity index (χ3n) is 5.16. The largest absolute Gasteiger partial charge is 0.416 e. The number of dihydropyridines is 1. The standard InChI is InChI=1S/C25H26F4N2/c1-4-6-22-10-9-19(16-30-22)11-12-31(24-17(2)13-21(26)14-18(24)3)23-8-5-7-20(15-23)25(27,28)29/h5-10,13-16,30H,4,11-12H2,1-3H3/b22-6+. The first kappa shape index (κ1) is 22.7. The molecule has 0 aromatic heterocycles. The number of rotatable bonds is 6. The average molecular weight is 430 g/mol. The van der Waals surface area contributed by atoms with Crippen LogP contribution in [0.2, 0.25) is 0 Å². The SMILES string of the molecule is CC/C=C1\C=CC(CCN(c2cccc(C(F)(F)F)c2)c2c(C)cc(F)cc2C)=CN1. The van der Waals surface area contributed by atoms with Gasteiger partial charge < -0.3 is 10.2 Å². The minimum absolute atomic E-state index is 0.361. The van der Waals surface area contributed by atoms with Gasteiger partial charge in [0.15, 0.2) is 0 Å². The Morgan fingerprint density at radius 2 is 1.74 bits per heavy atom. The Morgan fingerprint density at radius 3 is 2.32 bits per heavy atom. The molecule has 1 aliphatic rings. The van der Waals surface area contributed by atoms with Gasteiger partial charge in [0.05, 0.1) is 5.56 Å². The number of alkyl halides is 3. The second kappa shape index (κ2) is 9.41. The van der Waals surface area contributed by atoms with Gasteiger partial charge in [-0.1, -0.05) is 25.1 Å². The molecule has 0 saturated heterocycles. The third kappa shape index (κ3) is 5.57. The molecular formula is C25H26F4N2. The van der Waals surface area contributed by atoms with Gasteiger partial charge in [-0.05, 0) is 79.8 Å². The van der Waals surface area contributed by atoms with E-state index in [1.807, 2.05) is 23.3 Å². The highest BCUT2D eigenvalue weighted by atomic mass is 19.4. The first-order valence-electron chi connectivity index (χ1n) is 10.2. The Balaban J connectivity index is 1.95. The number of hydrogen-bond donors (Lipinski definition) is 1. The van der Waals surface area contributed by atoms with E-state index in [2.05, 4.69) is 18.3 Å². The summed E-state index contributed by atoms with van der Waals surface area (Å²) in [4.78, 5) is 1.84. The number of allylic oxidation sites excluding steroid dienone is 3. The van der Waals surface area contributed by atoms with Crippen LogP contribution in [0.1, 0.15) is 36.5 Å². The molecule has 2 aromatic rings. The van der Waals surface area contributed by atoms with Crippen molar-refractivity contribution < 1.29 is 17.6 Å². The fourth-order valence-electron chi connectivity index (χ4n) is 3.76. The summed E-state index contributed by atoms with van der Waals surface area (Å²) >= 11 is 0. The highest BCUT2D eigenvalue weighted by molar-refractivity contribution is 5.70. The number of aryl methyl sites for hydroxylation is 2. The van der Waals surface area contributed by atoms with Crippen LogP contribution in [0.15, 0.2) is 72.1 Å². The molecule has 0 spiro atoms. The molecule has 164 valence electrons. The minimum atomic E-state index is -4.44. The van der Waals surface area contributed by atoms with E-state index in [0.717, 1.165) is 35.5 Å². The minimum Gasteiger partial charge on any atom is -0.362 e. The Hall–Kier alpha value is -3.02. The van der Waals surface area contributed by atoms with Crippen molar-refractivity contribution in [3.05, 3.63) is 94.6 Å². The van der Waals surface area contributed by atoms with E-state index in [-0.39, 0.29) is 5.82 Å². The van der Waals surface area contributed by atoms with Crippen molar-refractivity contribution in [1.29, 1.82) is 0 Å². The topological polar surface area (TPSA) is 15.3 Å². The maximum Gasteiger partial charge on any atom is 0.416 e. The van der Waals surface area contributed by atoms with Gasteiger partial charge in [0.1, 0.15) is 5.82 Å². The van der Waals surface area contributed by atoms with Crippen LogP contribution in [0.4, 0.5) is 28.9 Å². The molecule has 0 radical (unpaired) electrons. The lowest BCUT2D eigenvalue weighted by atomic mass is 10.0. The fraction of sp³-hybridized carbons (Fsp3) is 0.280. The van der Waals surface area contributed by atoms with E-state index >= 15 is 0 Å². The third-order valence-corrected chi connectivity index (χ3v) is 5.16. The molecule has 1 heterocycles. The Labute approximate surface area is 180 Å². The summed E-state index contributed by atoms with van der Waals surface area (Å²) in [7, 11) is 0. The Bertz CT molecular complexity index is 1010. The molecule has 0 atom stereocenters. The first-order valence-corrected chi connectivity index (χ1v) is 10.2. The summed E-state index contributed by atoms with van der Waals surface area (Å²) in [5.41, 5.74) is 3.84. The first-order chi connectivity index (χ1) is 14.7. The van der Waals surface area contributed by atoms with Crippen molar-refractivity contribution in [2.45, 2.75) is 39.8 Å². The zero-order valence-corrected chi connectivity index (χ0v) is 17.9. The second-order valence-corrected chi connectivity index (χ2v) is 7.60.